The van der Waals surface area contributed by atoms with Gasteiger partial charge < -0.3 is 11.1 Å². The fourth-order valence-corrected chi connectivity index (χ4v) is 2.10. The SMILES string of the molecule is CC(C)CCCNCc1sccc1N. The molecule has 0 fully saturated rings. The van der Waals surface area contributed by atoms with Gasteiger partial charge in [-0.05, 0) is 36.8 Å². The van der Waals surface area contributed by atoms with Crippen molar-refractivity contribution in [3.8, 4) is 0 Å². The van der Waals surface area contributed by atoms with Crippen molar-refractivity contribution < 1.29 is 0 Å². The van der Waals surface area contributed by atoms with Crippen molar-refractivity contribution in [2.45, 2.75) is 33.2 Å². The van der Waals surface area contributed by atoms with E-state index in [0.29, 0.717) is 0 Å². The third kappa shape index (κ3) is 4.11. The van der Waals surface area contributed by atoms with Gasteiger partial charge in [0, 0.05) is 17.1 Å². The van der Waals surface area contributed by atoms with Crippen LogP contribution in [0.3, 0.4) is 0 Å². The fourth-order valence-electron chi connectivity index (χ4n) is 1.33. The van der Waals surface area contributed by atoms with Gasteiger partial charge in [-0.2, -0.15) is 0 Å². The van der Waals surface area contributed by atoms with Gasteiger partial charge in [-0.3, -0.25) is 0 Å². The first-order valence-electron chi connectivity index (χ1n) is 5.22. The van der Waals surface area contributed by atoms with Crippen LogP contribution in [0, 0.1) is 5.92 Å². The molecule has 0 aliphatic carbocycles. The maximum absolute atomic E-state index is 5.77. The van der Waals surface area contributed by atoms with Crippen LogP contribution in [0.4, 0.5) is 5.69 Å². The van der Waals surface area contributed by atoms with E-state index in [1.165, 1.54) is 17.7 Å². The summed E-state index contributed by atoms with van der Waals surface area (Å²) in [5, 5.41) is 5.46. The minimum atomic E-state index is 0.809. The molecule has 1 heterocycles. The molecule has 1 aromatic rings. The Morgan fingerprint density at radius 3 is 2.86 bits per heavy atom. The summed E-state index contributed by atoms with van der Waals surface area (Å²) < 4.78 is 0. The molecule has 14 heavy (non-hydrogen) atoms. The van der Waals surface area contributed by atoms with Gasteiger partial charge in [0.1, 0.15) is 0 Å². The van der Waals surface area contributed by atoms with Crippen LogP contribution in [-0.4, -0.2) is 6.54 Å². The minimum absolute atomic E-state index is 0.809. The second-order valence-corrected chi connectivity index (χ2v) is 5.01. The molecule has 0 amide bonds. The quantitative estimate of drug-likeness (QED) is 0.712. The Morgan fingerprint density at radius 1 is 1.50 bits per heavy atom. The van der Waals surface area contributed by atoms with E-state index in [4.69, 9.17) is 5.73 Å². The number of nitrogens with two attached hydrogens (primary N) is 1. The lowest BCUT2D eigenvalue weighted by atomic mass is 10.1. The van der Waals surface area contributed by atoms with Crippen LogP contribution in [0.2, 0.25) is 0 Å². The molecule has 0 saturated heterocycles. The molecule has 1 aromatic heterocycles. The van der Waals surface area contributed by atoms with Gasteiger partial charge in [-0.25, -0.2) is 0 Å². The van der Waals surface area contributed by atoms with Crippen molar-refractivity contribution in [3.05, 3.63) is 16.3 Å². The van der Waals surface area contributed by atoms with Gasteiger partial charge in [-0.15, -0.1) is 11.3 Å². The zero-order chi connectivity index (χ0) is 10.4. The van der Waals surface area contributed by atoms with Gasteiger partial charge in [0.2, 0.25) is 0 Å². The second-order valence-electron chi connectivity index (χ2n) is 4.01. The van der Waals surface area contributed by atoms with Gasteiger partial charge in [0.05, 0.1) is 0 Å². The van der Waals surface area contributed by atoms with Gasteiger partial charge in [0.15, 0.2) is 0 Å². The highest BCUT2D eigenvalue weighted by Crippen LogP contribution is 2.17. The monoisotopic (exact) mass is 212 g/mol. The van der Waals surface area contributed by atoms with E-state index in [2.05, 4.69) is 19.2 Å². The maximum atomic E-state index is 5.77. The maximum Gasteiger partial charge on any atom is 0.0468 e. The van der Waals surface area contributed by atoms with E-state index in [9.17, 15) is 0 Å². The summed E-state index contributed by atoms with van der Waals surface area (Å²) in [6.45, 7) is 6.53. The minimum Gasteiger partial charge on any atom is -0.398 e. The highest BCUT2D eigenvalue weighted by atomic mass is 32.1. The van der Waals surface area contributed by atoms with Crippen LogP contribution < -0.4 is 11.1 Å². The fraction of sp³-hybridized carbons (Fsp3) is 0.636. The third-order valence-corrected chi connectivity index (χ3v) is 3.14. The largest absolute Gasteiger partial charge is 0.398 e. The number of thiophene rings is 1. The number of rotatable bonds is 6. The molecule has 3 N–H and O–H groups in total. The van der Waals surface area contributed by atoms with E-state index in [1.54, 1.807) is 11.3 Å². The molecular formula is C11H20N2S. The number of hydrogen-bond donors (Lipinski definition) is 2. The average molecular weight is 212 g/mol. The lowest BCUT2D eigenvalue weighted by Gasteiger charge is -2.05. The summed E-state index contributed by atoms with van der Waals surface area (Å²) in [7, 11) is 0. The van der Waals surface area contributed by atoms with E-state index in [1.807, 2.05) is 11.4 Å². The Kier molecular flexibility index (Phi) is 4.98. The lowest BCUT2D eigenvalue weighted by molar-refractivity contribution is 0.528. The van der Waals surface area contributed by atoms with E-state index >= 15 is 0 Å². The molecule has 0 bridgehead atoms. The van der Waals surface area contributed by atoms with Gasteiger partial charge in [-0.1, -0.05) is 13.8 Å². The zero-order valence-corrected chi connectivity index (χ0v) is 9.86. The highest BCUT2D eigenvalue weighted by molar-refractivity contribution is 7.10. The summed E-state index contributed by atoms with van der Waals surface area (Å²) in [6.07, 6.45) is 2.55. The summed E-state index contributed by atoms with van der Waals surface area (Å²) in [5.74, 6) is 0.809. The first-order valence-corrected chi connectivity index (χ1v) is 6.10. The molecule has 0 saturated carbocycles. The predicted octanol–water partition coefficient (Wildman–Crippen LogP) is 2.86. The Bertz CT molecular complexity index is 256. The lowest BCUT2D eigenvalue weighted by Crippen LogP contribution is -2.15. The molecule has 2 nitrogen and oxygen atoms in total. The zero-order valence-electron chi connectivity index (χ0n) is 9.05. The average Bonchev–Trinajstić information content (AvgIpc) is 2.51. The molecule has 0 spiro atoms. The molecule has 0 aliphatic rings. The summed E-state index contributed by atoms with van der Waals surface area (Å²) in [6, 6.07) is 1.97. The predicted molar refractivity (Wildman–Crippen MR) is 64.5 cm³/mol. The number of nitrogen functional groups attached to an aromatic ring is 1. The number of anilines is 1. The number of hydrogen-bond acceptors (Lipinski definition) is 3. The Balaban J connectivity index is 2.08. The second kappa shape index (κ2) is 6.04. The van der Waals surface area contributed by atoms with Crippen molar-refractivity contribution in [2.24, 2.45) is 5.92 Å². The van der Waals surface area contributed by atoms with E-state index in [0.717, 1.165) is 24.7 Å². The van der Waals surface area contributed by atoms with Crippen LogP contribution in [-0.2, 0) is 6.54 Å². The summed E-state index contributed by atoms with van der Waals surface area (Å²) in [5.41, 5.74) is 6.70. The third-order valence-electron chi connectivity index (χ3n) is 2.20. The molecule has 3 heteroatoms. The molecule has 0 aliphatic heterocycles. The van der Waals surface area contributed by atoms with Crippen LogP contribution >= 0.6 is 11.3 Å². The van der Waals surface area contributed by atoms with Crippen molar-refractivity contribution >= 4 is 17.0 Å². The van der Waals surface area contributed by atoms with Gasteiger partial charge in [0.25, 0.3) is 0 Å². The molecular weight excluding hydrogens is 192 g/mol. The first kappa shape index (κ1) is 11.5. The smallest absolute Gasteiger partial charge is 0.0468 e. The molecule has 0 atom stereocenters. The van der Waals surface area contributed by atoms with E-state index < -0.39 is 0 Å². The van der Waals surface area contributed by atoms with E-state index in [-0.39, 0.29) is 0 Å². The summed E-state index contributed by atoms with van der Waals surface area (Å²) in [4.78, 5) is 1.26. The topological polar surface area (TPSA) is 38.0 Å². The van der Waals surface area contributed by atoms with Crippen molar-refractivity contribution in [1.29, 1.82) is 0 Å². The van der Waals surface area contributed by atoms with Gasteiger partial charge >= 0.3 is 0 Å². The van der Waals surface area contributed by atoms with Crippen LogP contribution in [0.15, 0.2) is 11.4 Å². The molecule has 0 unspecified atom stereocenters. The molecule has 0 radical (unpaired) electrons. The Labute approximate surface area is 90.5 Å². The normalized spacial score (nSPS) is 11.1. The van der Waals surface area contributed by atoms with Crippen molar-refractivity contribution in [1.82, 2.24) is 5.32 Å². The van der Waals surface area contributed by atoms with Crippen molar-refractivity contribution in [3.63, 3.8) is 0 Å². The standard InChI is InChI=1S/C11H20N2S/c1-9(2)4-3-6-13-8-11-10(12)5-7-14-11/h5,7,9,13H,3-4,6,8,12H2,1-2H3. The van der Waals surface area contributed by atoms with Crippen LogP contribution in [0.1, 0.15) is 31.6 Å². The van der Waals surface area contributed by atoms with Crippen molar-refractivity contribution in [2.75, 3.05) is 12.3 Å². The Hall–Kier alpha value is -0.540. The molecule has 80 valence electrons. The number of nitrogens with one attached hydrogen (secondary N) is 1. The summed E-state index contributed by atoms with van der Waals surface area (Å²) >= 11 is 1.73. The Morgan fingerprint density at radius 2 is 2.29 bits per heavy atom. The molecule has 0 aromatic carbocycles. The van der Waals surface area contributed by atoms with Crippen LogP contribution in [0.5, 0.6) is 0 Å². The first-order chi connectivity index (χ1) is 6.70. The molecule has 1 rings (SSSR count). The van der Waals surface area contributed by atoms with Crippen LogP contribution in [0.25, 0.3) is 0 Å². The highest BCUT2D eigenvalue weighted by Gasteiger charge is 1.99.